The van der Waals surface area contributed by atoms with Gasteiger partial charge < -0.3 is 4.74 Å². The van der Waals surface area contributed by atoms with Crippen LogP contribution in [-0.4, -0.2) is 20.2 Å². The average molecular weight is 273 g/mol. The molecule has 17 heavy (non-hydrogen) atoms. The van der Waals surface area contributed by atoms with E-state index in [2.05, 4.69) is 15.4 Å². The van der Waals surface area contributed by atoms with Crippen molar-refractivity contribution >= 4 is 23.2 Å². The highest BCUT2D eigenvalue weighted by atomic mass is 35.5. The zero-order valence-electron chi connectivity index (χ0n) is 9.10. The molecule has 0 aliphatic carbocycles. The topological polar surface area (TPSA) is 52.8 Å². The maximum absolute atomic E-state index is 6.00. The van der Waals surface area contributed by atoms with Gasteiger partial charge >= 0.3 is 0 Å². The van der Waals surface area contributed by atoms with Gasteiger partial charge in [-0.2, -0.15) is 4.80 Å². The summed E-state index contributed by atoms with van der Waals surface area (Å²) in [6, 6.07) is 5.38. The molecule has 90 valence electrons. The Morgan fingerprint density at radius 1 is 1.41 bits per heavy atom. The summed E-state index contributed by atoms with van der Waals surface area (Å²) in [5.74, 6) is 1.44. The minimum atomic E-state index is 0.234. The molecule has 1 aromatic carbocycles. The fourth-order valence-corrected chi connectivity index (χ4v) is 1.90. The quantitative estimate of drug-likeness (QED) is 0.801. The fourth-order valence-electron chi connectivity index (χ4n) is 1.33. The smallest absolute Gasteiger partial charge is 0.212 e. The van der Waals surface area contributed by atoms with Crippen LogP contribution in [-0.2, 0) is 19.5 Å². The van der Waals surface area contributed by atoms with E-state index in [0.29, 0.717) is 22.5 Å². The van der Waals surface area contributed by atoms with E-state index in [1.54, 1.807) is 25.2 Å². The first-order valence-corrected chi connectivity index (χ1v) is 5.81. The summed E-state index contributed by atoms with van der Waals surface area (Å²) in [7, 11) is 1.69. The van der Waals surface area contributed by atoms with Crippen molar-refractivity contribution in [3.8, 4) is 5.75 Å². The van der Waals surface area contributed by atoms with Gasteiger partial charge in [0.25, 0.3) is 0 Å². The number of alkyl halides is 1. The van der Waals surface area contributed by atoms with Crippen molar-refractivity contribution in [2.75, 3.05) is 0 Å². The lowest BCUT2D eigenvalue weighted by molar-refractivity contribution is 0.293. The summed E-state index contributed by atoms with van der Waals surface area (Å²) in [6.07, 6.45) is 0. The zero-order chi connectivity index (χ0) is 12.3. The highest BCUT2D eigenvalue weighted by Crippen LogP contribution is 2.28. The van der Waals surface area contributed by atoms with Gasteiger partial charge in [0.15, 0.2) is 6.61 Å². The second-order valence-electron chi connectivity index (χ2n) is 3.33. The lowest BCUT2D eigenvalue weighted by atomic mass is 10.2. The van der Waals surface area contributed by atoms with Crippen LogP contribution >= 0.6 is 23.2 Å². The van der Waals surface area contributed by atoms with Gasteiger partial charge in [0.05, 0.1) is 12.9 Å². The van der Waals surface area contributed by atoms with Crippen LogP contribution in [0.1, 0.15) is 11.4 Å². The monoisotopic (exact) mass is 272 g/mol. The molecule has 1 heterocycles. The summed E-state index contributed by atoms with van der Waals surface area (Å²) in [5.41, 5.74) is 0.764. The number of nitrogens with zero attached hydrogens (tertiary/aromatic N) is 4. The number of hydrogen-bond donors (Lipinski definition) is 0. The number of hydrogen-bond acceptors (Lipinski definition) is 4. The molecule has 0 bridgehead atoms. The van der Waals surface area contributed by atoms with Gasteiger partial charge in [-0.1, -0.05) is 17.7 Å². The Balaban J connectivity index is 2.11. The third kappa shape index (κ3) is 2.87. The number of tetrazole rings is 1. The average Bonchev–Trinajstić information content (AvgIpc) is 2.72. The Morgan fingerprint density at radius 3 is 2.88 bits per heavy atom. The third-order valence-corrected chi connectivity index (χ3v) is 2.74. The second-order valence-corrected chi connectivity index (χ2v) is 4.01. The molecule has 0 aliphatic heterocycles. The van der Waals surface area contributed by atoms with E-state index in [1.165, 1.54) is 4.80 Å². The molecule has 0 amide bonds. The molecule has 0 atom stereocenters. The first-order chi connectivity index (χ1) is 8.20. The molecule has 2 aromatic rings. The number of halogens is 2. The molecule has 0 radical (unpaired) electrons. The molecule has 0 fully saturated rings. The summed E-state index contributed by atoms with van der Waals surface area (Å²) in [6.45, 7) is 0.234. The van der Waals surface area contributed by atoms with Crippen LogP contribution in [0.4, 0.5) is 0 Å². The number of benzene rings is 1. The Labute approximate surface area is 108 Å². The van der Waals surface area contributed by atoms with Gasteiger partial charge in [0, 0.05) is 10.6 Å². The normalized spacial score (nSPS) is 10.5. The molecule has 0 aliphatic rings. The number of ether oxygens (including phenoxy) is 1. The highest BCUT2D eigenvalue weighted by molar-refractivity contribution is 6.32. The van der Waals surface area contributed by atoms with Crippen LogP contribution in [0.3, 0.4) is 0 Å². The van der Waals surface area contributed by atoms with Crippen molar-refractivity contribution in [1.29, 1.82) is 0 Å². The van der Waals surface area contributed by atoms with E-state index < -0.39 is 0 Å². The Kier molecular flexibility index (Phi) is 3.81. The first kappa shape index (κ1) is 12.1. The molecular formula is C10H10Cl2N4O. The molecule has 0 unspecified atom stereocenters. The predicted octanol–water partition coefficient (Wildman–Crippen LogP) is 2.18. The van der Waals surface area contributed by atoms with Crippen LogP contribution in [0.5, 0.6) is 5.75 Å². The van der Waals surface area contributed by atoms with E-state index in [-0.39, 0.29) is 6.61 Å². The van der Waals surface area contributed by atoms with Gasteiger partial charge in [-0.15, -0.1) is 21.8 Å². The van der Waals surface area contributed by atoms with Crippen molar-refractivity contribution in [1.82, 2.24) is 20.2 Å². The second kappa shape index (κ2) is 5.33. The van der Waals surface area contributed by atoms with Crippen LogP contribution < -0.4 is 4.74 Å². The molecule has 0 saturated heterocycles. The van der Waals surface area contributed by atoms with Crippen molar-refractivity contribution in [3.05, 3.63) is 34.6 Å². The van der Waals surface area contributed by atoms with E-state index in [1.807, 2.05) is 0 Å². The van der Waals surface area contributed by atoms with E-state index in [4.69, 9.17) is 27.9 Å². The number of rotatable bonds is 4. The van der Waals surface area contributed by atoms with E-state index >= 15 is 0 Å². The van der Waals surface area contributed by atoms with Crippen molar-refractivity contribution < 1.29 is 4.74 Å². The third-order valence-electron chi connectivity index (χ3n) is 2.12. The van der Waals surface area contributed by atoms with Crippen molar-refractivity contribution in [2.45, 2.75) is 12.5 Å². The maximum Gasteiger partial charge on any atom is 0.212 e. The largest absolute Gasteiger partial charge is 0.485 e. The van der Waals surface area contributed by atoms with E-state index in [0.717, 1.165) is 5.56 Å². The molecule has 1 aromatic heterocycles. The fraction of sp³-hybridized carbons (Fsp3) is 0.300. The number of aromatic nitrogens is 4. The molecule has 0 N–H and O–H groups in total. The lowest BCUT2D eigenvalue weighted by Gasteiger charge is -2.09. The SMILES string of the molecule is Cn1nnc(COc2cccc(Cl)c2CCl)n1. The van der Waals surface area contributed by atoms with Gasteiger partial charge in [0.2, 0.25) is 5.82 Å². The minimum absolute atomic E-state index is 0.234. The van der Waals surface area contributed by atoms with Crippen LogP contribution in [0.15, 0.2) is 18.2 Å². The van der Waals surface area contributed by atoms with Crippen LogP contribution in [0.25, 0.3) is 0 Å². The standard InChI is InChI=1S/C10H10Cl2N4O/c1-16-14-10(13-15-16)6-17-9-4-2-3-8(12)7(9)5-11/h2-4H,5-6H2,1H3. The highest BCUT2D eigenvalue weighted by Gasteiger charge is 2.08. The first-order valence-electron chi connectivity index (χ1n) is 4.89. The maximum atomic E-state index is 6.00. The predicted molar refractivity (Wildman–Crippen MR) is 64.1 cm³/mol. The Morgan fingerprint density at radius 2 is 2.24 bits per heavy atom. The summed E-state index contributed by atoms with van der Waals surface area (Å²) >= 11 is 11.8. The number of aryl methyl sites for hydroxylation is 1. The molecule has 0 spiro atoms. The summed E-state index contributed by atoms with van der Waals surface area (Å²) < 4.78 is 5.56. The molecule has 7 heteroatoms. The van der Waals surface area contributed by atoms with E-state index in [9.17, 15) is 0 Å². The van der Waals surface area contributed by atoms with Crippen molar-refractivity contribution in [2.24, 2.45) is 7.05 Å². The van der Waals surface area contributed by atoms with Crippen molar-refractivity contribution in [3.63, 3.8) is 0 Å². The minimum Gasteiger partial charge on any atom is -0.485 e. The summed E-state index contributed by atoms with van der Waals surface area (Å²) in [5, 5.41) is 12.1. The Bertz CT molecular complexity index is 515. The van der Waals surface area contributed by atoms with Crippen LogP contribution in [0, 0.1) is 0 Å². The van der Waals surface area contributed by atoms with Gasteiger partial charge in [-0.25, -0.2) is 0 Å². The molecular weight excluding hydrogens is 263 g/mol. The Hall–Kier alpha value is -1.33. The zero-order valence-corrected chi connectivity index (χ0v) is 10.6. The van der Waals surface area contributed by atoms with Gasteiger partial charge in [-0.05, 0) is 17.3 Å². The van der Waals surface area contributed by atoms with Gasteiger partial charge in [-0.3, -0.25) is 0 Å². The molecule has 5 nitrogen and oxygen atoms in total. The molecule has 0 saturated carbocycles. The summed E-state index contributed by atoms with van der Waals surface area (Å²) in [4.78, 5) is 1.37. The molecule has 2 rings (SSSR count). The van der Waals surface area contributed by atoms with Gasteiger partial charge in [0.1, 0.15) is 5.75 Å². The van der Waals surface area contributed by atoms with Crippen LogP contribution in [0.2, 0.25) is 5.02 Å². The lowest BCUT2D eigenvalue weighted by Crippen LogP contribution is -2.01.